The molecule has 1 atom stereocenters. The molecule has 0 bridgehead atoms. The molecule has 1 aliphatic carbocycles. The van der Waals surface area contributed by atoms with Gasteiger partial charge in [-0.2, -0.15) is 0 Å². The SMILES string of the molecule is CC1(C(=O)Nc2ccc3c(c2)oc2ccccc23)CC1(Cl)Cl. The Balaban J connectivity index is 1.69. The minimum Gasteiger partial charge on any atom is -0.456 e. The highest BCUT2D eigenvalue weighted by Crippen LogP contribution is 2.64. The van der Waals surface area contributed by atoms with Crippen molar-refractivity contribution in [3.8, 4) is 0 Å². The van der Waals surface area contributed by atoms with Gasteiger partial charge < -0.3 is 9.73 Å². The van der Waals surface area contributed by atoms with E-state index < -0.39 is 9.75 Å². The first-order chi connectivity index (χ1) is 10.4. The van der Waals surface area contributed by atoms with Gasteiger partial charge in [-0.3, -0.25) is 4.79 Å². The number of para-hydroxylation sites is 1. The predicted octanol–water partition coefficient (Wildman–Crippen LogP) is 5.11. The number of hydrogen-bond donors (Lipinski definition) is 1. The third-order valence-corrected chi connectivity index (χ3v) is 5.50. The third kappa shape index (κ3) is 1.93. The number of rotatable bonds is 2. The van der Waals surface area contributed by atoms with Crippen molar-refractivity contribution < 1.29 is 9.21 Å². The molecule has 1 heterocycles. The molecular formula is C17H13Cl2NO2. The molecule has 0 saturated heterocycles. The van der Waals surface area contributed by atoms with Crippen molar-refractivity contribution in [2.75, 3.05) is 5.32 Å². The van der Waals surface area contributed by atoms with Crippen LogP contribution in [-0.4, -0.2) is 10.2 Å². The van der Waals surface area contributed by atoms with Gasteiger partial charge in [0.15, 0.2) is 0 Å². The molecule has 5 heteroatoms. The van der Waals surface area contributed by atoms with Crippen LogP contribution in [0.25, 0.3) is 21.9 Å². The predicted molar refractivity (Wildman–Crippen MR) is 89.5 cm³/mol. The lowest BCUT2D eigenvalue weighted by Gasteiger charge is -2.12. The summed E-state index contributed by atoms with van der Waals surface area (Å²) in [6.45, 7) is 1.77. The van der Waals surface area contributed by atoms with Gasteiger partial charge in [-0.25, -0.2) is 0 Å². The highest BCUT2D eigenvalue weighted by atomic mass is 35.5. The van der Waals surface area contributed by atoms with Gasteiger partial charge in [0.1, 0.15) is 15.5 Å². The molecule has 22 heavy (non-hydrogen) atoms. The zero-order valence-electron chi connectivity index (χ0n) is 11.8. The average Bonchev–Trinajstić information content (AvgIpc) is 2.85. The Morgan fingerprint density at radius 3 is 2.55 bits per heavy atom. The number of nitrogens with one attached hydrogen (secondary N) is 1. The highest BCUT2D eigenvalue weighted by molar-refractivity contribution is 6.53. The van der Waals surface area contributed by atoms with Crippen molar-refractivity contribution in [1.82, 2.24) is 0 Å². The number of furan rings is 1. The molecule has 2 aromatic carbocycles. The second-order valence-electron chi connectivity index (χ2n) is 5.98. The maximum Gasteiger partial charge on any atom is 0.233 e. The van der Waals surface area contributed by atoms with E-state index >= 15 is 0 Å². The number of anilines is 1. The van der Waals surface area contributed by atoms with E-state index in [0.29, 0.717) is 12.1 Å². The number of halogens is 2. The second-order valence-corrected chi connectivity index (χ2v) is 7.46. The number of amides is 1. The van der Waals surface area contributed by atoms with E-state index in [4.69, 9.17) is 27.6 Å². The molecule has 1 saturated carbocycles. The first-order valence-electron chi connectivity index (χ1n) is 7.01. The Bertz CT molecular complexity index is 915. The van der Waals surface area contributed by atoms with Gasteiger partial charge >= 0.3 is 0 Å². The summed E-state index contributed by atoms with van der Waals surface area (Å²) < 4.78 is 4.84. The summed E-state index contributed by atoms with van der Waals surface area (Å²) in [5, 5.41) is 4.95. The number of fused-ring (bicyclic) bond motifs is 3. The molecule has 0 aliphatic heterocycles. The Morgan fingerprint density at radius 2 is 1.82 bits per heavy atom. The standard InChI is InChI=1S/C17H13Cl2NO2/c1-16(9-17(16,18)19)15(21)20-10-6-7-12-11-4-2-3-5-13(11)22-14(12)8-10/h2-8H,9H2,1H3,(H,20,21). The maximum absolute atomic E-state index is 12.3. The van der Waals surface area contributed by atoms with Crippen molar-refractivity contribution in [2.24, 2.45) is 5.41 Å². The number of alkyl halides is 2. The molecule has 1 fully saturated rings. The largest absolute Gasteiger partial charge is 0.456 e. The van der Waals surface area contributed by atoms with Crippen LogP contribution in [-0.2, 0) is 4.79 Å². The van der Waals surface area contributed by atoms with Crippen molar-refractivity contribution in [2.45, 2.75) is 17.7 Å². The molecule has 3 aromatic rings. The fourth-order valence-corrected chi connectivity index (χ4v) is 3.43. The smallest absolute Gasteiger partial charge is 0.233 e. The molecule has 1 N–H and O–H groups in total. The maximum atomic E-state index is 12.3. The van der Waals surface area contributed by atoms with Gasteiger partial charge in [0, 0.05) is 22.5 Å². The van der Waals surface area contributed by atoms with Crippen LogP contribution in [0.3, 0.4) is 0 Å². The summed E-state index contributed by atoms with van der Waals surface area (Å²) in [6.07, 6.45) is 0.460. The summed E-state index contributed by atoms with van der Waals surface area (Å²) >= 11 is 12.1. The van der Waals surface area contributed by atoms with E-state index in [1.807, 2.05) is 42.5 Å². The first-order valence-corrected chi connectivity index (χ1v) is 7.77. The summed E-state index contributed by atoms with van der Waals surface area (Å²) in [5.41, 5.74) is 1.51. The van der Waals surface area contributed by atoms with Gasteiger partial charge in [-0.15, -0.1) is 23.2 Å². The van der Waals surface area contributed by atoms with E-state index in [1.165, 1.54) is 0 Å². The van der Waals surface area contributed by atoms with Crippen LogP contribution in [0.1, 0.15) is 13.3 Å². The third-order valence-electron chi connectivity index (χ3n) is 4.40. The lowest BCUT2D eigenvalue weighted by molar-refractivity contribution is -0.120. The van der Waals surface area contributed by atoms with Crippen LogP contribution in [0, 0.1) is 5.41 Å². The summed E-state index contributed by atoms with van der Waals surface area (Å²) in [7, 11) is 0. The normalized spacial score (nSPS) is 22.9. The van der Waals surface area contributed by atoms with E-state index in [9.17, 15) is 4.79 Å². The fourth-order valence-electron chi connectivity index (χ4n) is 2.72. The molecule has 112 valence electrons. The molecular weight excluding hydrogens is 321 g/mol. The Morgan fingerprint density at radius 1 is 1.14 bits per heavy atom. The van der Waals surface area contributed by atoms with E-state index in [1.54, 1.807) is 6.92 Å². The zero-order chi connectivity index (χ0) is 15.5. The highest BCUT2D eigenvalue weighted by Gasteiger charge is 2.67. The number of hydrogen-bond acceptors (Lipinski definition) is 2. The molecule has 1 aromatic heterocycles. The monoisotopic (exact) mass is 333 g/mol. The lowest BCUT2D eigenvalue weighted by atomic mass is 10.1. The molecule has 0 radical (unpaired) electrons. The van der Waals surface area contributed by atoms with Gasteiger partial charge in [0.25, 0.3) is 0 Å². The minimum atomic E-state index is -0.972. The summed E-state index contributed by atoms with van der Waals surface area (Å²) in [6, 6.07) is 13.5. The quantitative estimate of drug-likeness (QED) is 0.662. The topological polar surface area (TPSA) is 42.2 Å². The second kappa shape index (κ2) is 4.40. The first kappa shape index (κ1) is 13.9. The van der Waals surface area contributed by atoms with Crippen molar-refractivity contribution in [3.63, 3.8) is 0 Å². The molecule has 1 aliphatic rings. The Kier molecular flexibility index (Phi) is 2.78. The van der Waals surface area contributed by atoms with Crippen LogP contribution in [0.15, 0.2) is 46.9 Å². The van der Waals surface area contributed by atoms with Gasteiger partial charge in [0.2, 0.25) is 5.91 Å². The number of carbonyl (C=O) groups excluding carboxylic acids is 1. The van der Waals surface area contributed by atoms with Crippen molar-refractivity contribution >= 4 is 56.7 Å². The summed E-state index contributed by atoms with van der Waals surface area (Å²) in [5.74, 6) is -0.173. The average molecular weight is 334 g/mol. The van der Waals surface area contributed by atoms with Crippen LogP contribution >= 0.6 is 23.2 Å². The number of benzene rings is 2. The van der Waals surface area contributed by atoms with Crippen LogP contribution in [0.2, 0.25) is 0 Å². The van der Waals surface area contributed by atoms with Crippen LogP contribution in [0.4, 0.5) is 5.69 Å². The molecule has 1 unspecified atom stereocenters. The molecule has 4 rings (SSSR count). The minimum absolute atomic E-state index is 0.173. The molecule has 0 spiro atoms. The van der Waals surface area contributed by atoms with Crippen molar-refractivity contribution in [1.29, 1.82) is 0 Å². The summed E-state index contributed by atoms with van der Waals surface area (Å²) in [4.78, 5) is 12.3. The van der Waals surface area contributed by atoms with Crippen LogP contribution in [0.5, 0.6) is 0 Å². The van der Waals surface area contributed by atoms with Gasteiger partial charge in [-0.1, -0.05) is 18.2 Å². The lowest BCUT2D eigenvalue weighted by Crippen LogP contribution is -2.25. The fraction of sp³-hybridized carbons (Fsp3) is 0.235. The van der Waals surface area contributed by atoms with Crippen molar-refractivity contribution in [3.05, 3.63) is 42.5 Å². The zero-order valence-corrected chi connectivity index (χ0v) is 13.3. The van der Waals surface area contributed by atoms with E-state index in [0.717, 1.165) is 21.9 Å². The van der Waals surface area contributed by atoms with E-state index in [-0.39, 0.29) is 5.91 Å². The van der Waals surface area contributed by atoms with Gasteiger partial charge in [0.05, 0.1) is 5.41 Å². The Labute approximate surface area is 137 Å². The molecule has 3 nitrogen and oxygen atoms in total. The van der Waals surface area contributed by atoms with Crippen LogP contribution < -0.4 is 5.32 Å². The Hall–Kier alpha value is -1.71. The van der Waals surface area contributed by atoms with Gasteiger partial charge in [-0.05, 0) is 31.5 Å². The van der Waals surface area contributed by atoms with E-state index in [2.05, 4.69) is 5.32 Å². The molecule has 1 amide bonds. The number of carbonyl (C=O) groups is 1.